The van der Waals surface area contributed by atoms with Gasteiger partial charge in [-0.15, -0.1) is 0 Å². The average Bonchev–Trinajstić information content (AvgIpc) is 2.15. The van der Waals surface area contributed by atoms with E-state index in [-0.39, 0.29) is 22.8 Å². The summed E-state index contributed by atoms with van der Waals surface area (Å²) in [6.07, 6.45) is -0.382. The van der Waals surface area contributed by atoms with Crippen molar-refractivity contribution in [3.8, 4) is 0 Å². The number of hydrogen-bond acceptors (Lipinski definition) is 4. The SMILES string of the molecule is COC(=O)C(Br)CNCC(O)C(C)C. The van der Waals surface area contributed by atoms with Crippen LogP contribution in [-0.2, 0) is 9.53 Å². The highest BCUT2D eigenvalue weighted by molar-refractivity contribution is 9.10. The predicted octanol–water partition coefficient (Wildman–Crippen LogP) is 0.529. The quantitative estimate of drug-likeness (QED) is 0.545. The third-order valence-electron chi connectivity index (χ3n) is 1.90. The van der Waals surface area contributed by atoms with E-state index in [9.17, 15) is 9.90 Å². The number of hydrogen-bond donors (Lipinski definition) is 2. The first kappa shape index (κ1) is 13.9. The molecule has 14 heavy (non-hydrogen) atoms. The van der Waals surface area contributed by atoms with Crippen LogP contribution in [0.15, 0.2) is 0 Å². The van der Waals surface area contributed by atoms with Gasteiger partial charge in [-0.25, -0.2) is 0 Å². The van der Waals surface area contributed by atoms with Gasteiger partial charge >= 0.3 is 5.97 Å². The normalized spacial score (nSPS) is 15.3. The number of carbonyl (C=O) groups is 1. The van der Waals surface area contributed by atoms with Gasteiger partial charge in [0.2, 0.25) is 0 Å². The number of alkyl halides is 1. The number of halogens is 1. The van der Waals surface area contributed by atoms with Gasteiger partial charge in [0.05, 0.1) is 13.2 Å². The number of esters is 1. The van der Waals surface area contributed by atoms with Crippen LogP contribution in [0.2, 0.25) is 0 Å². The number of methoxy groups -OCH3 is 1. The zero-order valence-corrected chi connectivity index (χ0v) is 10.4. The molecule has 0 aliphatic heterocycles. The second-order valence-corrected chi connectivity index (χ2v) is 4.57. The monoisotopic (exact) mass is 267 g/mol. The van der Waals surface area contributed by atoms with Crippen LogP contribution in [0.4, 0.5) is 0 Å². The van der Waals surface area contributed by atoms with Crippen LogP contribution in [0.5, 0.6) is 0 Å². The minimum Gasteiger partial charge on any atom is -0.468 e. The standard InChI is InChI=1S/C9H18BrNO3/c1-6(2)8(12)5-11-4-7(10)9(13)14-3/h6-8,11-12H,4-5H2,1-3H3. The van der Waals surface area contributed by atoms with Crippen molar-refractivity contribution in [1.82, 2.24) is 5.32 Å². The third-order valence-corrected chi connectivity index (χ3v) is 2.60. The summed E-state index contributed by atoms with van der Waals surface area (Å²) in [5, 5.41) is 12.4. The van der Waals surface area contributed by atoms with Crippen LogP contribution >= 0.6 is 15.9 Å². The van der Waals surface area contributed by atoms with Gasteiger partial charge in [-0.3, -0.25) is 4.79 Å². The molecule has 0 spiro atoms. The molecule has 2 N–H and O–H groups in total. The number of rotatable bonds is 6. The van der Waals surface area contributed by atoms with Crippen molar-refractivity contribution < 1.29 is 14.6 Å². The van der Waals surface area contributed by atoms with Gasteiger partial charge in [-0.05, 0) is 5.92 Å². The van der Waals surface area contributed by atoms with E-state index in [0.717, 1.165) is 0 Å². The third kappa shape index (κ3) is 5.57. The molecule has 0 aromatic carbocycles. The summed E-state index contributed by atoms with van der Waals surface area (Å²) in [5.74, 6) is -0.0917. The van der Waals surface area contributed by atoms with Crippen molar-refractivity contribution in [2.24, 2.45) is 5.92 Å². The molecule has 0 rings (SSSR count). The van der Waals surface area contributed by atoms with Crippen LogP contribution in [0.25, 0.3) is 0 Å². The number of carbonyl (C=O) groups excluding carboxylic acids is 1. The zero-order chi connectivity index (χ0) is 11.1. The molecule has 0 saturated heterocycles. The van der Waals surface area contributed by atoms with Crippen molar-refractivity contribution in [3.63, 3.8) is 0 Å². The first-order valence-electron chi connectivity index (χ1n) is 4.59. The summed E-state index contributed by atoms with van der Waals surface area (Å²) in [6, 6.07) is 0. The Kier molecular flexibility index (Phi) is 7.13. The minimum absolute atomic E-state index is 0.217. The van der Waals surface area contributed by atoms with Crippen LogP contribution in [0.3, 0.4) is 0 Å². The molecule has 2 atom stereocenters. The van der Waals surface area contributed by atoms with E-state index in [1.807, 2.05) is 13.8 Å². The second kappa shape index (κ2) is 7.20. The molecule has 0 aliphatic rings. The summed E-state index contributed by atoms with van der Waals surface area (Å²) < 4.78 is 4.53. The highest BCUT2D eigenvalue weighted by Gasteiger charge is 2.15. The van der Waals surface area contributed by atoms with Crippen LogP contribution in [0, 0.1) is 5.92 Å². The molecule has 4 nitrogen and oxygen atoms in total. The van der Waals surface area contributed by atoms with Crippen LogP contribution in [-0.4, -0.2) is 42.2 Å². The lowest BCUT2D eigenvalue weighted by atomic mass is 10.1. The summed E-state index contributed by atoms with van der Waals surface area (Å²) in [4.78, 5) is 10.6. The summed E-state index contributed by atoms with van der Waals surface area (Å²) >= 11 is 3.17. The topological polar surface area (TPSA) is 58.6 Å². The highest BCUT2D eigenvalue weighted by Crippen LogP contribution is 2.02. The van der Waals surface area contributed by atoms with E-state index >= 15 is 0 Å². The van der Waals surface area contributed by atoms with Crippen molar-refractivity contribution in [3.05, 3.63) is 0 Å². The smallest absolute Gasteiger partial charge is 0.320 e. The number of aliphatic hydroxyl groups excluding tert-OH is 1. The van der Waals surface area contributed by atoms with Gasteiger partial charge in [-0.2, -0.15) is 0 Å². The average molecular weight is 268 g/mol. The molecule has 5 heteroatoms. The first-order chi connectivity index (χ1) is 6.49. The molecule has 0 heterocycles. The van der Waals surface area contributed by atoms with E-state index in [1.54, 1.807) is 0 Å². The number of aliphatic hydroxyl groups is 1. The molecular formula is C9H18BrNO3. The maximum atomic E-state index is 10.9. The first-order valence-corrected chi connectivity index (χ1v) is 5.51. The molecule has 0 aromatic heterocycles. The van der Waals surface area contributed by atoms with Crippen molar-refractivity contribution in [2.75, 3.05) is 20.2 Å². The molecule has 84 valence electrons. The molecule has 0 radical (unpaired) electrons. The van der Waals surface area contributed by atoms with Gasteiger partial charge in [0.15, 0.2) is 0 Å². The molecule has 0 saturated carbocycles. The van der Waals surface area contributed by atoms with E-state index in [1.165, 1.54) is 7.11 Å². The fourth-order valence-corrected chi connectivity index (χ4v) is 1.22. The van der Waals surface area contributed by atoms with Crippen LogP contribution < -0.4 is 5.32 Å². The van der Waals surface area contributed by atoms with E-state index < -0.39 is 0 Å². The Morgan fingerprint density at radius 1 is 1.50 bits per heavy atom. The number of nitrogens with one attached hydrogen (secondary N) is 1. The highest BCUT2D eigenvalue weighted by atomic mass is 79.9. The fourth-order valence-electron chi connectivity index (χ4n) is 0.805. The second-order valence-electron chi connectivity index (χ2n) is 3.46. The van der Waals surface area contributed by atoms with E-state index in [4.69, 9.17) is 0 Å². The summed E-state index contributed by atoms with van der Waals surface area (Å²) in [6.45, 7) is 4.82. The lowest BCUT2D eigenvalue weighted by Gasteiger charge is -2.16. The molecular weight excluding hydrogens is 250 g/mol. The molecule has 0 fully saturated rings. The maximum absolute atomic E-state index is 10.9. The van der Waals surface area contributed by atoms with Crippen molar-refractivity contribution in [2.45, 2.75) is 24.8 Å². The Labute approximate surface area is 93.1 Å². The summed E-state index contributed by atoms with van der Waals surface area (Å²) in [7, 11) is 1.35. The van der Waals surface area contributed by atoms with Gasteiger partial charge in [0, 0.05) is 13.1 Å². The largest absolute Gasteiger partial charge is 0.468 e. The Hall–Kier alpha value is -0.130. The number of ether oxygens (including phenoxy) is 1. The predicted molar refractivity (Wildman–Crippen MR) is 58.4 cm³/mol. The Bertz CT molecular complexity index is 175. The van der Waals surface area contributed by atoms with Gasteiger partial charge < -0.3 is 15.2 Å². The zero-order valence-electron chi connectivity index (χ0n) is 8.79. The van der Waals surface area contributed by atoms with Gasteiger partial charge in [0.25, 0.3) is 0 Å². The summed E-state index contributed by atoms with van der Waals surface area (Å²) in [5.41, 5.74) is 0. The maximum Gasteiger partial charge on any atom is 0.320 e. The fraction of sp³-hybridized carbons (Fsp3) is 0.889. The molecule has 0 aliphatic carbocycles. The Morgan fingerprint density at radius 2 is 2.07 bits per heavy atom. The molecule has 2 unspecified atom stereocenters. The lowest BCUT2D eigenvalue weighted by Crippen LogP contribution is -2.36. The Morgan fingerprint density at radius 3 is 2.50 bits per heavy atom. The van der Waals surface area contributed by atoms with Gasteiger partial charge in [0.1, 0.15) is 4.83 Å². The van der Waals surface area contributed by atoms with Crippen molar-refractivity contribution >= 4 is 21.9 Å². The minimum atomic E-state index is -0.382. The lowest BCUT2D eigenvalue weighted by molar-refractivity contribution is -0.139. The van der Waals surface area contributed by atoms with Crippen LogP contribution in [0.1, 0.15) is 13.8 Å². The Balaban J connectivity index is 3.58. The van der Waals surface area contributed by atoms with E-state index in [2.05, 4.69) is 26.0 Å². The molecule has 0 amide bonds. The molecule has 0 aromatic rings. The van der Waals surface area contributed by atoms with Crippen molar-refractivity contribution in [1.29, 1.82) is 0 Å². The van der Waals surface area contributed by atoms with E-state index in [0.29, 0.717) is 13.1 Å². The molecule has 0 bridgehead atoms. The van der Waals surface area contributed by atoms with Gasteiger partial charge in [-0.1, -0.05) is 29.8 Å².